The van der Waals surface area contributed by atoms with Crippen LogP contribution in [0.4, 0.5) is 0 Å². The van der Waals surface area contributed by atoms with Crippen LogP contribution in [-0.2, 0) is 4.79 Å². The summed E-state index contributed by atoms with van der Waals surface area (Å²) in [7, 11) is -0.829. The molecule has 0 atom stereocenters. The van der Waals surface area contributed by atoms with Crippen LogP contribution in [0.15, 0.2) is 0 Å². The predicted octanol–water partition coefficient (Wildman–Crippen LogP) is -0.373. The van der Waals surface area contributed by atoms with Gasteiger partial charge in [-0.1, -0.05) is 6.32 Å². The molecule has 0 aliphatic heterocycles. The van der Waals surface area contributed by atoms with Crippen LogP contribution < -0.4 is 0 Å². The first kappa shape index (κ1) is 2.01. The smallest absolute Gasteiger partial charge is 0.119 e. The van der Waals surface area contributed by atoms with Gasteiger partial charge in [0.15, 0.2) is 0 Å². The van der Waals surface area contributed by atoms with Crippen LogP contribution in [0.25, 0.3) is 0 Å². The van der Waals surface area contributed by atoms with Crippen molar-refractivity contribution >= 4 is 14.1 Å². The van der Waals surface area contributed by atoms with Gasteiger partial charge < -0.3 is 4.79 Å². The maximum Gasteiger partial charge on any atom is 0.119 e. The molecule has 0 heterocycles. The van der Waals surface area contributed by atoms with Crippen molar-refractivity contribution in [2.45, 2.75) is 12.7 Å². The molecular formula is C3H7BO. The van der Waals surface area contributed by atoms with Crippen LogP contribution in [-0.4, -0.2) is 16.7 Å². The molecule has 0 aromatic rings. The summed E-state index contributed by atoms with van der Waals surface area (Å²) in [6.45, 7) is 0. The summed E-state index contributed by atoms with van der Waals surface area (Å²) in [6, 6.07) is 0. The Bertz CT molecular complexity index is 56.9. The zero-order chi connectivity index (χ0) is 5.70. The van der Waals surface area contributed by atoms with Crippen molar-refractivity contribution < 1.29 is 4.79 Å². The largest absolute Gasteiger partial charge is 0.303 e. The number of rotatable bonds is 3. The lowest BCUT2D eigenvalue weighted by molar-refractivity contribution is -0.107. The number of hydrogen-bond acceptors (Lipinski definition) is 1. The van der Waals surface area contributed by atoms with E-state index in [9.17, 15) is 4.79 Å². The fraction of sp³-hybridized carbons (Fsp3) is 0.667. The Balaban J connectivity index is 2.81. The Morgan fingerprint density at radius 2 is 3.40 bits per heavy atom. The van der Waals surface area contributed by atoms with Gasteiger partial charge in [-0.3, -0.25) is 0 Å². The van der Waals surface area contributed by atoms with Crippen molar-refractivity contribution in [2.24, 2.45) is 0 Å². The Morgan fingerprint density at radius 3 is 3.60 bits per heavy atom. The van der Waals surface area contributed by atoms with E-state index in [0.29, 0.717) is 12.7 Å². The summed E-state index contributed by atoms with van der Waals surface area (Å²) in [4.78, 5) is 9.54. The maximum absolute atomic E-state index is 9.54. The quantitative estimate of drug-likeness (QED) is 0.329. The summed E-state index contributed by atoms with van der Waals surface area (Å²) in [5.74, 6) is 0. The second-order valence-corrected chi connectivity index (χ2v) is 0.744. The molecule has 0 aromatic heterocycles. The van der Waals surface area contributed by atoms with Gasteiger partial charge in [0.25, 0.3) is 0 Å². The summed E-state index contributed by atoms with van der Waals surface area (Å²) < 4.78 is 13.2. The second-order valence-electron chi connectivity index (χ2n) is 0.744. The molecule has 28 valence electrons. The van der Waals surface area contributed by atoms with Crippen LogP contribution in [0.1, 0.15) is 6.42 Å². The number of hydrogen-bond donors (Lipinski definition) is 0. The van der Waals surface area contributed by atoms with Gasteiger partial charge in [-0.2, -0.15) is 0 Å². The van der Waals surface area contributed by atoms with Gasteiger partial charge in [-0.05, 0) is 9.09 Å². The molecule has 0 aliphatic rings. The molecule has 0 aliphatic carbocycles. The molecule has 0 fully saturated rings. The third-order valence-electron chi connectivity index (χ3n) is 0.285. The average Bonchev–Trinajstić information content (AvgIpc) is 1.61. The molecule has 0 spiro atoms. The highest BCUT2D eigenvalue weighted by Crippen LogP contribution is 1.71. The standard InChI is InChI=1S/C3H7BO/c4-2-1-3-5/h3H,1-2,4H2/i4TD. The van der Waals surface area contributed by atoms with Gasteiger partial charge >= 0.3 is 0 Å². The van der Waals surface area contributed by atoms with E-state index in [1.165, 1.54) is 0 Å². The topological polar surface area (TPSA) is 17.1 Å². The Hall–Kier alpha value is -0.265. The van der Waals surface area contributed by atoms with E-state index in [0.717, 1.165) is 6.29 Å². The minimum Gasteiger partial charge on any atom is -0.303 e. The first-order chi connectivity index (χ1) is 3.27. The molecule has 0 amide bonds. The molecule has 2 heteroatoms. The molecule has 0 rings (SSSR count). The zero-order valence-electron chi connectivity index (χ0n) is 4.98. The summed E-state index contributed by atoms with van der Waals surface area (Å²) in [6.07, 6.45) is 1.44. The summed E-state index contributed by atoms with van der Waals surface area (Å²) >= 11 is 0. The highest BCUT2D eigenvalue weighted by molar-refractivity contribution is 6.09. The lowest BCUT2D eigenvalue weighted by atomic mass is 10.0. The molecule has 0 saturated carbocycles. The number of aldehydes is 1. The lowest BCUT2D eigenvalue weighted by Crippen LogP contribution is -1.68. The first-order valence-corrected chi connectivity index (χ1v) is 1.55. The maximum atomic E-state index is 9.54. The molecule has 0 bridgehead atoms. The van der Waals surface area contributed by atoms with Gasteiger partial charge in [0.1, 0.15) is 14.1 Å². The molecule has 0 saturated heterocycles. The molecule has 0 unspecified atom stereocenters. The Kier molecular flexibility index (Phi) is 1.50. The van der Waals surface area contributed by atoms with Crippen LogP contribution in [0.3, 0.4) is 0 Å². The summed E-state index contributed by atoms with van der Waals surface area (Å²) in [5.41, 5.74) is 0. The van der Waals surface area contributed by atoms with E-state index in [1.54, 1.807) is 0 Å². The van der Waals surface area contributed by atoms with Crippen molar-refractivity contribution in [2.75, 3.05) is 0 Å². The third kappa shape index (κ3) is 3.73. The van der Waals surface area contributed by atoms with Gasteiger partial charge in [-0.15, -0.1) is 0 Å². The average molecular weight is 72.9 g/mol. The second kappa shape index (κ2) is 3.73. The molecule has 0 radical (unpaired) electrons. The van der Waals surface area contributed by atoms with Crippen molar-refractivity contribution in [3.05, 3.63) is 0 Å². The van der Waals surface area contributed by atoms with E-state index in [2.05, 4.69) is 0 Å². The van der Waals surface area contributed by atoms with Gasteiger partial charge in [0.2, 0.25) is 0 Å². The molecule has 0 N–H and O–H groups in total. The van der Waals surface area contributed by atoms with E-state index in [1.807, 2.05) is 0 Å². The normalized spacial score (nSPS) is 12.0. The molecule has 0 aromatic carbocycles. The van der Waals surface area contributed by atoms with Crippen molar-refractivity contribution in [1.82, 2.24) is 0 Å². The van der Waals surface area contributed by atoms with Crippen molar-refractivity contribution in [1.29, 1.82) is 2.67 Å². The van der Waals surface area contributed by atoms with Crippen LogP contribution in [0, 0.1) is 0 Å². The predicted molar refractivity (Wildman–Crippen MR) is 24.0 cm³/mol. The Labute approximate surface area is 35.5 Å². The van der Waals surface area contributed by atoms with Crippen LogP contribution in [0.2, 0.25) is 6.32 Å². The van der Waals surface area contributed by atoms with Crippen molar-refractivity contribution in [3.63, 3.8) is 0 Å². The number of carbonyl (C=O) groups excluding carboxylic acids is 1. The minimum absolute atomic E-state index is 0.345. The van der Waals surface area contributed by atoms with E-state index < -0.39 is 7.77 Å². The fourth-order valence-corrected chi connectivity index (χ4v) is 0.0680. The lowest BCUT2D eigenvalue weighted by Gasteiger charge is -1.67. The highest BCUT2D eigenvalue weighted by Gasteiger charge is 1.67. The zero-order valence-corrected chi connectivity index (χ0v) is 2.98. The molecular weight excluding hydrogens is 62.8 g/mol. The fourth-order valence-electron chi connectivity index (χ4n) is 0.0680. The molecule has 1 nitrogen and oxygen atoms in total. The van der Waals surface area contributed by atoms with E-state index >= 15 is 0 Å². The minimum atomic E-state index is -0.829. The van der Waals surface area contributed by atoms with Gasteiger partial charge in [0, 0.05) is 0 Å². The number of carbonyl (C=O) groups is 1. The Morgan fingerprint density at radius 1 is 2.60 bits per heavy atom. The third-order valence-corrected chi connectivity index (χ3v) is 0.285. The van der Waals surface area contributed by atoms with Crippen LogP contribution in [0.5, 0.6) is 0 Å². The van der Waals surface area contributed by atoms with Crippen LogP contribution >= 0.6 is 0 Å². The van der Waals surface area contributed by atoms with E-state index in [-0.39, 0.29) is 0 Å². The van der Waals surface area contributed by atoms with Gasteiger partial charge in [-0.25, -0.2) is 0 Å². The summed E-state index contributed by atoms with van der Waals surface area (Å²) in [5, 5.41) is 0. The molecule has 5 heavy (non-hydrogen) atoms. The SMILES string of the molecule is [2H]B([3H])CCC=O. The van der Waals surface area contributed by atoms with Gasteiger partial charge in [0.05, 0.1) is 0 Å². The monoisotopic (exact) mass is 73.1 g/mol. The highest BCUT2D eigenvalue weighted by atomic mass is 16.1. The first-order valence-electron chi connectivity index (χ1n) is 2.71. The van der Waals surface area contributed by atoms with Crippen molar-refractivity contribution in [3.8, 4) is 0 Å². The van der Waals surface area contributed by atoms with E-state index in [4.69, 9.17) is 2.67 Å².